The van der Waals surface area contributed by atoms with E-state index in [4.69, 9.17) is 0 Å². The molecule has 1 amide bonds. The molecule has 1 aliphatic rings. The van der Waals surface area contributed by atoms with Crippen molar-refractivity contribution in [1.82, 2.24) is 4.90 Å². The highest BCUT2D eigenvalue weighted by molar-refractivity contribution is 5.82. The molecule has 4 heteroatoms. The number of aliphatic carboxylic acids is 1. The minimum Gasteiger partial charge on any atom is -0.481 e. The first-order valence-corrected chi connectivity index (χ1v) is 6.90. The number of hydrogen-bond acceptors (Lipinski definition) is 2. The van der Waals surface area contributed by atoms with Crippen LogP contribution in [0.1, 0.15) is 30.0 Å². The fourth-order valence-electron chi connectivity index (χ4n) is 2.74. The second-order valence-corrected chi connectivity index (χ2v) is 5.98. The van der Waals surface area contributed by atoms with Gasteiger partial charge in [-0.15, -0.1) is 0 Å². The number of benzene rings is 1. The quantitative estimate of drug-likeness (QED) is 0.919. The summed E-state index contributed by atoms with van der Waals surface area (Å²) in [6.07, 6.45) is 0.884. The number of carboxylic acid groups (broad SMARTS) is 1. The molecule has 0 bridgehead atoms. The van der Waals surface area contributed by atoms with E-state index in [1.54, 1.807) is 11.8 Å². The maximum absolute atomic E-state index is 12.4. The van der Waals surface area contributed by atoms with Gasteiger partial charge in [0, 0.05) is 13.1 Å². The number of amides is 1. The molecule has 2 rings (SSSR count). The van der Waals surface area contributed by atoms with Crippen molar-refractivity contribution in [3.8, 4) is 0 Å². The summed E-state index contributed by atoms with van der Waals surface area (Å²) in [5, 5.41) is 9.21. The predicted molar refractivity (Wildman–Crippen MR) is 76.6 cm³/mol. The third-order valence-corrected chi connectivity index (χ3v) is 4.31. The maximum atomic E-state index is 12.4. The zero-order valence-corrected chi connectivity index (χ0v) is 12.3. The molecule has 1 N–H and O–H groups in total. The van der Waals surface area contributed by atoms with Crippen molar-refractivity contribution < 1.29 is 14.7 Å². The first-order valence-electron chi connectivity index (χ1n) is 6.90. The van der Waals surface area contributed by atoms with Crippen LogP contribution in [-0.4, -0.2) is 35.0 Å². The van der Waals surface area contributed by atoms with E-state index in [2.05, 4.69) is 0 Å². The van der Waals surface area contributed by atoms with Crippen molar-refractivity contribution in [3.63, 3.8) is 0 Å². The van der Waals surface area contributed by atoms with E-state index < -0.39 is 11.4 Å². The van der Waals surface area contributed by atoms with Crippen LogP contribution in [0.15, 0.2) is 18.2 Å². The lowest BCUT2D eigenvalue weighted by Crippen LogP contribution is -2.35. The van der Waals surface area contributed by atoms with Crippen molar-refractivity contribution in [3.05, 3.63) is 34.9 Å². The molecule has 0 aliphatic carbocycles. The average Bonchev–Trinajstić information content (AvgIpc) is 2.78. The van der Waals surface area contributed by atoms with E-state index in [0.29, 0.717) is 25.9 Å². The number of aryl methyl sites for hydroxylation is 2. The molecule has 1 fully saturated rings. The smallest absolute Gasteiger partial charge is 0.311 e. The van der Waals surface area contributed by atoms with E-state index in [0.717, 1.165) is 16.7 Å². The largest absolute Gasteiger partial charge is 0.481 e. The Balaban J connectivity index is 2.09. The Hall–Kier alpha value is -1.84. The SMILES string of the molecule is Cc1cccc(C)c1CC(=O)N1CCC(C)(C(=O)O)C1. The number of likely N-dealkylation sites (tertiary alicyclic amines) is 1. The fraction of sp³-hybridized carbons (Fsp3) is 0.500. The van der Waals surface area contributed by atoms with Gasteiger partial charge in [-0.1, -0.05) is 18.2 Å². The average molecular weight is 275 g/mol. The zero-order chi connectivity index (χ0) is 14.9. The highest BCUT2D eigenvalue weighted by atomic mass is 16.4. The summed E-state index contributed by atoms with van der Waals surface area (Å²) in [5.41, 5.74) is 2.48. The van der Waals surface area contributed by atoms with E-state index in [-0.39, 0.29) is 5.91 Å². The van der Waals surface area contributed by atoms with Gasteiger partial charge >= 0.3 is 5.97 Å². The summed E-state index contributed by atoms with van der Waals surface area (Å²) in [5.74, 6) is -0.799. The Morgan fingerprint density at radius 1 is 1.30 bits per heavy atom. The van der Waals surface area contributed by atoms with Gasteiger partial charge in [0.25, 0.3) is 0 Å². The minimum atomic E-state index is -0.820. The zero-order valence-electron chi connectivity index (χ0n) is 12.3. The Morgan fingerprint density at radius 3 is 2.40 bits per heavy atom. The minimum absolute atomic E-state index is 0.0207. The van der Waals surface area contributed by atoms with E-state index in [1.807, 2.05) is 32.0 Å². The van der Waals surface area contributed by atoms with Crippen molar-refractivity contribution in [1.29, 1.82) is 0 Å². The molecular weight excluding hydrogens is 254 g/mol. The molecule has 1 atom stereocenters. The molecule has 1 saturated heterocycles. The predicted octanol–water partition coefficient (Wildman–Crippen LogP) is 2.17. The van der Waals surface area contributed by atoms with Crippen LogP contribution in [0.25, 0.3) is 0 Å². The van der Waals surface area contributed by atoms with Gasteiger partial charge in [-0.3, -0.25) is 9.59 Å². The van der Waals surface area contributed by atoms with Gasteiger partial charge < -0.3 is 10.0 Å². The van der Waals surface area contributed by atoms with Gasteiger partial charge in [-0.05, 0) is 43.9 Å². The van der Waals surface area contributed by atoms with Gasteiger partial charge in [0.05, 0.1) is 11.8 Å². The van der Waals surface area contributed by atoms with Gasteiger partial charge in [0.2, 0.25) is 5.91 Å². The summed E-state index contributed by atoms with van der Waals surface area (Å²) in [7, 11) is 0. The van der Waals surface area contributed by atoms with Crippen LogP contribution in [0.3, 0.4) is 0 Å². The molecule has 0 radical (unpaired) electrons. The number of rotatable bonds is 3. The van der Waals surface area contributed by atoms with E-state index in [1.165, 1.54) is 0 Å². The Labute approximate surface area is 119 Å². The standard InChI is InChI=1S/C16H21NO3/c1-11-5-4-6-12(2)13(11)9-14(18)17-8-7-16(3,10-17)15(19)20/h4-6H,7-10H2,1-3H3,(H,19,20). The molecule has 4 nitrogen and oxygen atoms in total. The molecular formula is C16H21NO3. The summed E-state index contributed by atoms with van der Waals surface area (Å²) in [6, 6.07) is 5.98. The number of carbonyl (C=O) groups is 2. The number of hydrogen-bond donors (Lipinski definition) is 1. The fourth-order valence-corrected chi connectivity index (χ4v) is 2.74. The van der Waals surface area contributed by atoms with Crippen LogP contribution in [0.2, 0.25) is 0 Å². The van der Waals surface area contributed by atoms with Gasteiger partial charge in [0.1, 0.15) is 0 Å². The van der Waals surface area contributed by atoms with Crippen LogP contribution in [0, 0.1) is 19.3 Å². The number of carbonyl (C=O) groups excluding carboxylic acids is 1. The summed E-state index contributed by atoms with van der Waals surface area (Å²) in [6.45, 7) is 6.56. The molecule has 0 saturated carbocycles. The van der Waals surface area contributed by atoms with Crippen LogP contribution < -0.4 is 0 Å². The topological polar surface area (TPSA) is 57.6 Å². The van der Waals surface area contributed by atoms with Crippen LogP contribution in [0.4, 0.5) is 0 Å². The normalized spacial score (nSPS) is 22.1. The van der Waals surface area contributed by atoms with Gasteiger partial charge in [0.15, 0.2) is 0 Å². The van der Waals surface area contributed by atoms with Crippen LogP contribution in [-0.2, 0) is 16.0 Å². The lowest BCUT2D eigenvalue weighted by atomic mass is 9.90. The van der Waals surface area contributed by atoms with Crippen molar-refractivity contribution >= 4 is 11.9 Å². The number of carboxylic acids is 1. The van der Waals surface area contributed by atoms with Crippen molar-refractivity contribution in [2.75, 3.05) is 13.1 Å². The highest BCUT2D eigenvalue weighted by Gasteiger charge is 2.41. The molecule has 0 spiro atoms. The van der Waals surface area contributed by atoms with Crippen molar-refractivity contribution in [2.24, 2.45) is 5.41 Å². The Morgan fingerprint density at radius 2 is 1.90 bits per heavy atom. The first-order chi connectivity index (χ1) is 9.33. The molecule has 1 aromatic carbocycles. The molecule has 108 valence electrons. The van der Waals surface area contributed by atoms with Crippen LogP contribution in [0.5, 0.6) is 0 Å². The summed E-state index contributed by atoms with van der Waals surface area (Å²) >= 11 is 0. The highest BCUT2D eigenvalue weighted by Crippen LogP contribution is 2.30. The third kappa shape index (κ3) is 2.69. The maximum Gasteiger partial charge on any atom is 0.311 e. The van der Waals surface area contributed by atoms with Crippen molar-refractivity contribution in [2.45, 2.75) is 33.6 Å². The summed E-state index contributed by atoms with van der Waals surface area (Å²) in [4.78, 5) is 25.3. The monoisotopic (exact) mass is 275 g/mol. The molecule has 0 aromatic heterocycles. The lowest BCUT2D eigenvalue weighted by Gasteiger charge is -2.21. The molecule has 1 aliphatic heterocycles. The summed E-state index contributed by atoms with van der Waals surface area (Å²) < 4.78 is 0. The Kier molecular flexibility index (Phi) is 3.84. The molecule has 1 heterocycles. The molecule has 1 unspecified atom stereocenters. The Bertz CT molecular complexity index is 532. The second-order valence-electron chi connectivity index (χ2n) is 5.98. The molecule has 1 aromatic rings. The van der Waals surface area contributed by atoms with E-state index in [9.17, 15) is 14.7 Å². The number of nitrogens with zero attached hydrogens (tertiary/aromatic N) is 1. The van der Waals surface area contributed by atoms with Gasteiger partial charge in [-0.2, -0.15) is 0 Å². The van der Waals surface area contributed by atoms with Gasteiger partial charge in [-0.25, -0.2) is 0 Å². The first kappa shape index (κ1) is 14.6. The van der Waals surface area contributed by atoms with E-state index >= 15 is 0 Å². The third-order valence-electron chi connectivity index (χ3n) is 4.31. The molecule has 20 heavy (non-hydrogen) atoms. The second kappa shape index (κ2) is 5.27. The van der Waals surface area contributed by atoms with Crippen LogP contribution >= 0.6 is 0 Å². The lowest BCUT2D eigenvalue weighted by molar-refractivity contribution is -0.147.